The minimum absolute atomic E-state index is 0.0683. The lowest BCUT2D eigenvalue weighted by atomic mass is 10.1. The Morgan fingerprint density at radius 3 is 2.47 bits per heavy atom. The van der Waals surface area contributed by atoms with Gasteiger partial charge in [0.2, 0.25) is 5.91 Å². The third-order valence-electron chi connectivity index (χ3n) is 4.89. The van der Waals surface area contributed by atoms with E-state index < -0.39 is 6.10 Å². The first kappa shape index (κ1) is 24.3. The number of ether oxygens (including phenoxy) is 1. The number of carbonyl (C=O) groups is 1. The Bertz CT molecular complexity index is 1100. The maximum Gasteiger partial charge on any atom is 0.234 e. The predicted octanol–water partition coefficient (Wildman–Crippen LogP) is 6.25. The SMILES string of the molecule is Cc1cc(Br)c(NC(=O)CSc2nnc(C(C)Oc3ccc(F)cc3)n2C(C)C)cc1C. The molecule has 1 atom stereocenters. The van der Waals surface area contributed by atoms with Gasteiger partial charge in [0, 0.05) is 10.5 Å². The molecule has 6 nitrogen and oxygen atoms in total. The van der Waals surface area contributed by atoms with Crippen LogP contribution in [0.5, 0.6) is 5.75 Å². The number of hydrogen-bond acceptors (Lipinski definition) is 5. The summed E-state index contributed by atoms with van der Waals surface area (Å²) in [6, 6.07) is 9.86. The lowest BCUT2D eigenvalue weighted by Crippen LogP contribution is -2.17. The van der Waals surface area contributed by atoms with Crippen molar-refractivity contribution in [2.45, 2.75) is 51.9 Å². The minimum Gasteiger partial charge on any atom is -0.483 e. The van der Waals surface area contributed by atoms with Gasteiger partial charge in [-0.25, -0.2) is 4.39 Å². The predicted molar refractivity (Wildman–Crippen MR) is 129 cm³/mol. The van der Waals surface area contributed by atoms with Crippen molar-refractivity contribution in [2.75, 3.05) is 11.1 Å². The van der Waals surface area contributed by atoms with Crippen LogP contribution in [0.2, 0.25) is 0 Å². The van der Waals surface area contributed by atoms with Gasteiger partial charge in [-0.3, -0.25) is 4.79 Å². The molecule has 0 aliphatic carbocycles. The molecule has 0 saturated carbocycles. The Morgan fingerprint density at radius 2 is 1.81 bits per heavy atom. The fraction of sp³-hybridized carbons (Fsp3) is 0.348. The summed E-state index contributed by atoms with van der Waals surface area (Å²) in [4.78, 5) is 12.6. The van der Waals surface area contributed by atoms with Crippen LogP contribution in [-0.2, 0) is 4.79 Å². The van der Waals surface area contributed by atoms with E-state index in [1.807, 2.05) is 51.3 Å². The molecule has 1 heterocycles. The van der Waals surface area contributed by atoms with E-state index in [1.165, 1.54) is 23.9 Å². The molecule has 1 N–H and O–H groups in total. The number of halogens is 2. The summed E-state index contributed by atoms with van der Waals surface area (Å²) in [6.07, 6.45) is -0.398. The molecule has 0 saturated heterocycles. The standard InChI is InChI=1S/C23H26BrFN4O2S/c1-13(2)29-22(16(5)31-18-8-6-17(25)7-9-18)27-28-23(29)32-12-21(30)26-20-11-15(4)14(3)10-19(20)24/h6-11,13,16H,12H2,1-5H3,(H,26,30). The number of nitrogens with one attached hydrogen (secondary N) is 1. The number of nitrogens with zero attached hydrogens (tertiary/aromatic N) is 3. The van der Waals surface area contributed by atoms with Crippen LogP contribution < -0.4 is 10.1 Å². The van der Waals surface area contributed by atoms with Crippen molar-refractivity contribution in [3.8, 4) is 5.75 Å². The highest BCUT2D eigenvalue weighted by atomic mass is 79.9. The van der Waals surface area contributed by atoms with Gasteiger partial charge in [-0.15, -0.1) is 10.2 Å². The van der Waals surface area contributed by atoms with Crippen molar-refractivity contribution >= 4 is 39.3 Å². The third-order valence-corrected chi connectivity index (χ3v) is 6.49. The van der Waals surface area contributed by atoms with Crippen LogP contribution in [-0.4, -0.2) is 26.4 Å². The van der Waals surface area contributed by atoms with Gasteiger partial charge < -0.3 is 14.6 Å². The lowest BCUT2D eigenvalue weighted by Gasteiger charge is -2.19. The van der Waals surface area contributed by atoms with Crippen molar-refractivity contribution in [3.05, 3.63) is 63.6 Å². The Labute approximate surface area is 200 Å². The van der Waals surface area contributed by atoms with E-state index in [2.05, 4.69) is 31.4 Å². The highest BCUT2D eigenvalue weighted by Crippen LogP contribution is 2.29. The van der Waals surface area contributed by atoms with E-state index in [0.29, 0.717) is 16.7 Å². The van der Waals surface area contributed by atoms with E-state index >= 15 is 0 Å². The minimum atomic E-state index is -0.398. The number of aromatic nitrogens is 3. The molecule has 0 bridgehead atoms. The molecule has 1 aromatic heterocycles. The topological polar surface area (TPSA) is 69.0 Å². The molecule has 0 aliphatic rings. The van der Waals surface area contributed by atoms with Gasteiger partial charge >= 0.3 is 0 Å². The zero-order valence-electron chi connectivity index (χ0n) is 18.6. The van der Waals surface area contributed by atoms with Crippen LogP contribution in [0, 0.1) is 19.7 Å². The molecule has 0 aliphatic heterocycles. The molecule has 1 unspecified atom stereocenters. The van der Waals surface area contributed by atoms with Crippen LogP contribution >= 0.6 is 27.7 Å². The van der Waals surface area contributed by atoms with Gasteiger partial charge in [0.25, 0.3) is 0 Å². The van der Waals surface area contributed by atoms with E-state index in [0.717, 1.165) is 21.3 Å². The monoisotopic (exact) mass is 520 g/mol. The number of hydrogen-bond donors (Lipinski definition) is 1. The summed E-state index contributed by atoms with van der Waals surface area (Å²) in [5.74, 6) is 0.931. The number of aryl methyl sites for hydroxylation is 2. The van der Waals surface area contributed by atoms with Crippen LogP contribution in [0.25, 0.3) is 0 Å². The summed E-state index contributed by atoms with van der Waals surface area (Å²) < 4.78 is 21.9. The Morgan fingerprint density at radius 1 is 1.16 bits per heavy atom. The summed E-state index contributed by atoms with van der Waals surface area (Å²) in [6.45, 7) is 9.94. The fourth-order valence-corrected chi connectivity index (χ4v) is 4.54. The summed E-state index contributed by atoms with van der Waals surface area (Å²) in [7, 11) is 0. The number of amides is 1. The van der Waals surface area contributed by atoms with Crippen LogP contribution in [0.15, 0.2) is 46.0 Å². The first-order chi connectivity index (χ1) is 15.2. The van der Waals surface area contributed by atoms with E-state index in [9.17, 15) is 9.18 Å². The number of anilines is 1. The summed E-state index contributed by atoms with van der Waals surface area (Å²) in [5.41, 5.74) is 3.00. The summed E-state index contributed by atoms with van der Waals surface area (Å²) >= 11 is 4.82. The molecule has 0 fully saturated rings. The number of carbonyl (C=O) groups excluding carboxylic acids is 1. The van der Waals surface area contributed by atoms with Crippen molar-refractivity contribution in [1.29, 1.82) is 0 Å². The van der Waals surface area contributed by atoms with Crippen molar-refractivity contribution < 1.29 is 13.9 Å². The molecule has 0 radical (unpaired) electrons. The highest BCUT2D eigenvalue weighted by molar-refractivity contribution is 9.10. The summed E-state index contributed by atoms with van der Waals surface area (Å²) in [5, 5.41) is 12.2. The molecule has 0 spiro atoms. The van der Waals surface area contributed by atoms with Crippen molar-refractivity contribution in [3.63, 3.8) is 0 Å². The average molecular weight is 521 g/mol. The zero-order chi connectivity index (χ0) is 23.4. The van der Waals surface area contributed by atoms with E-state index in [4.69, 9.17) is 4.74 Å². The molecular formula is C23H26BrFN4O2S. The molecule has 170 valence electrons. The lowest BCUT2D eigenvalue weighted by molar-refractivity contribution is -0.113. The third kappa shape index (κ3) is 5.89. The smallest absolute Gasteiger partial charge is 0.234 e. The average Bonchev–Trinajstić information content (AvgIpc) is 3.17. The van der Waals surface area contributed by atoms with Crippen LogP contribution in [0.1, 0.15) is 49.9 Å². The molecule has 9 heteroatoms. The fourth-order valence-electron chi connectivity index (χ4n) is 3.11. The molecule has 3 aromatic rings. The zero-order valence-corrected chi connectivity index (χ0v) is 21.1. The van der Waals surface area contributed by atoms with Crippen LogP contribution in [0.4, 0.5) is 10.1 Å². The normalized spacial score (nSPS) is 12.1. The number of rotatable bonds is 8. The molecule has 2 aromatic carbocycles. The maximum atomic E-state index is 13.1. The van der Waals surface area contributed by atoms with Gasteiger partial charge in [-0.1, -0.05) is 11.8 Å². The second kappa shape index (κ2) is 10.5. The maximum absolute atomic E-state index is 13.1. The van der Waals surface area contributed by atoms with Crippen molar-refractivity contribution in [1.82, 2.24) is 14.8 Å². The quantitative estimate of drug-likeness (QED) is 0.355. The molecular weight excluding hydrogens is 495 g/mol. The second-order valence-corrected chi connectivity index (χ2v) is 9.57. The molecule has 32 heavy (non-hydrogen) atoms. The largest absolute Gasteiger partial charge is 0.483 e. The Kier molecular flexibility index (Phi) is 7.95. The van der Waals surface area contributed by atoms with Gasteiger partial charge in [-0.2, -0.15) is 0 Å². The van der Waals surface area contributed by atoms with Crippen molar-refractivity contribution in [2.24, 2.45) is 0 Å². The molecule has 3 rings (SSSR count). The van der Waals surface area contributed by atoms with Gasteiger partial charge in [0.1, 0.15) is 11.6 Å². The molecule has 1 amide bonds. The first-order valence-corrected chi connectivity index (χ1v) is 12.0. The Balaban J connectivity index is 1.69. The van der Waals surface area contributed by atoms with Gasteiger partial charge in [0.15, 0.2) is 17.1 Å². The first-order valence-electron chi connectivity index (χ1n) is 10.2. The van der Waals surface area contributed by atoms with Gasteiger partial charge in [0.05, 0.1) is 11.4 Å². The van der Waals surface area contributed by atoms with Gasteiger partial charge in [-0.05, 0) is 98.1 Å². The van der Waals surface area contributed by atoms with E-state index in [1.54, 1.807) is 12.1 Å². The number of benzene rings is 2. The Hall–Kier alpha value is -2.39. The second-order valence-electron chi connectivity index (χ2n) is 7.77. The number of thioether (sulfide) groups is 1. The van der Waals surface area contributed by atoms with Crippen LogP contribution in [0.3, 0.4) is 0 Å². The van der Waals surface area contributed by atoms with E-state index in [-0.39, 0.29) is 23.5 Å². The highest BCUT2D eigenvalue weighted by Gasteiger charge is 2.22.